The summed E-state index contributed by atoms with van der Waals surface area (Å²) in [6.07, 6.45) is 2.63. The summed E-state index contributed by atoms with van der Waals surface area (Å²) in [5.74, 6) is 0.331. The van der Waals surface area contributed by atoms with Crippen molar-refractivity contribution in [1.29, 1.82) is 0 Å². The molecule has 2 amide bonds. The fraction of sp³-hybridized carbons (Fsp3) is 0.273. The zero-order valence-electron chi connectivity index (χ0n) is 15.6. The zero-order valence-corrected chi connectivity index (χ0v) is 15.6. The number of nitrogens with zero attached hydrogens (tertiary/aromatic N) is 2. The van der Waals surface area contributed by atoms with E-state index in [1.807, 2.05) is 42.5 Å². The third-order valence-electron chi connectivity index (χ3n) is 4.93. The Bertz CT molecular complexity index is 1070. The maximum absolute atomic E-state index is 13.0. The number of amides is 2. The van der Waals surface area contributed by atoms with E-state index in [4.69, 9.17) is 0 Å². The van der Waals surface area contributed by atoms with Gasteiger partial charge < -0.3 is 9.88 Å². The SMILES string of the molecule is CC(C)Cn1cc(NC(=O)N2CCc3ccccc32)c2ccccc2c1=O. The van der Waals surface area contributed by atoms with Gasteiger partial charge in [-0.25, -0.2) is 4.79 Å². The molecule has 0 aliphatic carbocycles. The summed E-state index contributed by atoms with van der Waals surface area (Å²) in [6, 6.07) is 15.2. The zero-order chi connectivity index (χ0) is 19.0. The Morgan fingerprint density at radius 2 is 1.78 bits per heavy atom. The highest BCUT2D eigenvalue weighted by molar-refractivity contribution is 6.07. The number of hydrogen-bond acceptors (Lipinski definition) is 2. The van der Waals surface area contributed by atoms with Crippen LogP contribution in [0.15, 0.2) is 59.5 Å². The topological polar surface area (TPSA) is 54.3 Å². The highest BCUT2D eigenvalue weighted by Gasteiger charge is 2.24. The number of pyridine rings is 1. The van der Waals surface area contributed by atoms with Gasteiger partial charge in [-0.15, -0.1) is 0 Å². The second-order valence-corrected chi connectivity index (χ2v) is 7.40. The molecule has 2 aromatic carbocycles. The average molecular weight is 361 g/mol. The number of fused-ring (bicyclic) bond motifs is 2. The molecule has 1 N–H and O–H groups in total. The monoisotopic (exact) mass is 361 g/mol. The third-order valence-corrected chi connectivity index (χ3v) is 4.93. The number of carbonyl (C=O) groups is 1. The van der Waals surface area contributed by atoms with E-state index >= 15 is 0 Å². The van der Waals surface area contributed by atoms with Gasteiger partial charge >= 0.3 is 6.03 Å². The van der Waals surface area contributed by atoms with Gasteiger partial charge in [0.15, 0.2) is 0 Å². The Morgan fingerprint density at radius 3 is 2.56 bits per heavy atom. The lowest BCUT2D eigenvalue weighted by atomic mass is 10.1. The molecule has 0 bridgehead atoms. The fourth-order valence-corrected chi connectivity index (χ4v) is 3.70. The van der Waals surface area contributed by atoms with Crippen LogP contribution in [0.2, 0.25) is 0 Å². The summed E-state index contributed by atoms with van der Waals surface area (Å²) < 4.78 is 1.69. The van der Waals surface area contributed by atoms with E-state index in [-0.39, 0.29) is 11.6 Å². The van der Waals surface area contributed by atoms with Crippen molar-refractivity contribution in [1.82, 2.24) is 4.57 Å². The highest BCUT2D eigenvalue weighted by atomic mass is 16.2. The Balaban J connectivity index is 1.72. The first-order valence-electron chi connectivity index (χ1n) is 9.33. The van der Waals surface area contributed by atoms with E-state index in [1.165, 1.54) is 5.56 Å². The van der Waals surface area contributed by atoms with Gasteiger partial charge in [0.05, 0.1) is 5.69 Å². The minimum absolute atomic E-state index is 0.0242. The summed E-state index contributed by atoms with van der Waals surface area (Å²) in [7, 11) is 0. The molecule has 138 valence electrons. The molecule has 0 saturated heterocycles. The molecule has 5 nitrogen and oxygen atoms in total. The average Bonchev–Trinajstić information content (AvgIpc) is 3.09. The predicted molar refractivity (Wildman–Crippen MR) is 110 cm³/mol. The Hall–Kier alpha value is -3.08. The summed E-state index contributed by atoms with van der Waals surface area (Å²) in [5.41, 5.74) is 2.78. The molecule has 4 rings (SSSR count). The van der Waals surface area contributed by atoms with Gasteiger partial charge in [-0.1, -0.05) is 50.2 Å². The van der Waals surface area contributed by atoms with E-state index < -0.39 is 0 Å². The minimum Gasteiger partial charge on any atom is -0.313 e. The molecule has 0 unspecified atom stereocenters. The fourth-order valence-electron chi connectivity index (χ4n) is 3.70. The maximum Gasteiger partial charge on any atom is 0.326 e. The Kier molecular flexibility index (Phi) is 4.44. The summed E-state index contributed by atoms with van der Waals surface area (Å²) >= 11 is 0. The van der Waals surface area contributed by atoms with Gasteiger partial charge in [-0.05, 0) is 30.0 Å². The molecule has 0 fully saturated rings. The third kappa shape index (κ3) is 3.21. The van der Waals surface area contributed by atoms with E-state index in [0.29, 0.717) is 30.1 Å². The number of nitrogens with one attached hydrogen (secondary N) is 1. The molecule has 3 aromatic rings. The predicted octanol–water partition coefficient (Wildman–Crippen LogP) is 4.25. The van der Waals surface area contributed by atoms with Crippen LogP contribution in [-0.2, 0) is 13.0 Å². The van der Waals surface area contributed by atoms with Crippen molar-refractivity contribution >= 4 is 28.2 Å². The second kappa shape index (κ2) is 6.91. The summed E-state index contributed by atoms with van der Waals surface area (Å²) in [4.78, 5) is 27.5. The number of para-hydroxylation sites is 1. The lowest BCUT2D eigenvalue weighted by molar-refractivity contribution is 0.257. The van der Waals surface area contributed by atoms with Gasteiger partial charge in [-0.2, -0.15) is 0 Å². The number of hydrogen-bond donors (Lipinski definition) is 1. The summed E-state index contributed by atoms with van der Waals surface area (Å²) in [6.45, 7) is 5.41. The van der Waals surface area contributed by atoms with Gasteiger partial charge in [0.25, 0.3) is 5.56 Å². The first kappa shape index (κ1) is 17.3. The van der Waals surface area contributed by atoms with Crippen molar-refractivity contribution in [3.63, 3.8) is 0 Å². The van der Waals surface area contributed by atoms with Crippen LogP contribution < -0.4 is 15.8 Å². The van der Waals surface area contributed by atoms with Crippen LogP contribution in [0.3, 0.4) is 0 Å². The Labute approximate surface area is 158 Å². The number of anilines is 2. The second-order valence-electron chi connectivity index (χ2n) is 7.40. The number of aromatic nitrogens is 1. The molecule has 1 aliphatic rings. The van der Waals surface area contributed by atoms with Crippen LogP contribution in [0.1, 0.15) is 19.4 Å². The van der Waals surface area contributed by atoms with Crippen LogP contribution >= 0.6 is 0 Å². The van der Waals surface area contributed by atoms with Gasteiger partial charge in [0, 0.05) is 35.7 Å². The smallest absolute Gasteiger partial charge is 0.313 e. The largest absolute Gasteiger partial charge is 0.326 e. The number of urea groups is 1. The molecule has 27 heavy (non-hydrogen) atoms. The van der Waals surface area contributed by atoms with Crippen molar-refractivity contribution in [2.45, 2.75) is 26.8 Å². The molecule has 2 heterocycles. The molecular weight excluding hydrogens is 338 g/mol. The molecule has 5 heteroatoms. The lowest BCUT2D eigenvalue weighted by Crippen LogP contribution is -2.34. The minimum atomic E-state index is -0.167. The van der Waals surface area contributed by atoms with Crippen molar-refractivity contribution in [2.75, 3.05) is 16.8 Å². The highest BCUT2D eigenvalue weighted by Crippen LogP contribution is 2.29. The van der Waals surface area contributed by atoms with Crippen LogP contribution in [0.4, 0.5) is 16.2 Å². The number of carbonyl (C=O) groups excluding carboxylic acids is 1. The van der Waals surface area contributed by atoms with Crippen molar-refractivity contribution < 1.29 is 4.79 Å². The van der Waals surface area contributed by atoms with Crippen molar-refractivity contribution in [3.05, 3.63) is 70.6 Å². The quantitative estimate of drug-likeness (QED) is 0.758. The summed E-state index contributed by atoms with van der Waals surface area (Å²) in [5, 5.41) is 4.43. The van der Waals surface area contributed by atoms with E-state index in [2.05, 4.69) is 25.2 Å². The molecule has 0 spiro atoms. The van der Waals surface area contributed by atoms with Crippen molar-refractivity contribution in [2.24, 2.45) is 5.92 Å². The van der Waals surface area contributed by atoms with Crippen LogP contribution in [0, 0.1) is 5.92 Å². The molecule has 0 atom stereocenters. The maximum atomic E-state index is 13.0. The lowest BCUT2D eigenvalue weighted by Gasteiger charge is -2.20. The van der Waals surface area contributed by atoms with Crippen molar-refractivity contribution in [3.8, 4) is 0 Å². The van der Waals surface area contributed by atoms with Crippen LogP contribution in [-0.4, -0.2) is 17.1 Å². The first-order valence-corrected chi connectivity index (χ1v) is 9.33. The first-order chi connectivity index (χ1) is 13.0. The Morgan fingerprint density at radius 1 is 1.07 bits per heavy atom. The molecule has 0 radical (unpaired) electrons. The van der Waals surface area contributed by atoms with Gasteiger partial charge in [-0.3, -0.25) is 9.69 Å². The van der Waals surface area contributed by atoms with Gasteiger partial charge in [0.1, 0.15) is 0 Å². The van der Waals surface area contributed by atoms with E-state index in [9.17, 15) is 9.59 Å². The number of rotatable bonds is 3. The van der Waals surface area contributed by atoms with E-state index in [0.717, 1.165) is 17.5 Å². The van der Waals surface area contributed by atoms with Crippen LogP contribution in [0.5, 0.6) is 0 Å². The van der Waals surface area contributed by atoms with Gasteiger partial charge in [0.2, 0.25) is 0 Å². The van der Waals surface area contributed by atoms with E-state index in [1.54, 1.807) is 15.7 Å². The molecule has 1 aromatic heterocycles. The standard InChI is InChI=1S/C22H23N3O2/c1-15(2)13-24-14-19(17-8-4-5-9-18(17)21(24)26)23-22(27)25-12-11-16-7-3-6-10-20(16)25/h3-10,14-15H,11-13H2,1-2H3,(H,23,27). The molecule has 1 aliphatic heterocycles. The number of benzene rings is 2. The normalized spacial score (nSPS) is 13.2. The molecule has 0 saturated carbocycles. The molecular formula is C22H23N3O2. The van der Waals surface area contributed by atoms with Crippen LogP contribution in [0.25, 0.3) is 10.8 Å².